The molecule has 1 aromatic carbocycles. The Labute approximate surface area is 166 Å². The Hall–Kier alpha value is -2.51. The highest BCUT2D eigenvalue weighted by Crippen LogP contribution is 2.28. The molecule has 2 heterocycles. The molecule has 0 radical (unpaired) electrons. The summed E-state index contributed by atoms with van der Waals surface area (Å²) in [4.78, 5) is 18.9. The number of rotatable bonds is 8. The first-order valence-corrected chi connectivity index (χ1v) is 9.69. The van der Waals surface area contributed by atoms with E-state index in [0.717, 1.165) is 49.9 Å². The summed E-state index contributed by atoms with van der Waals surface area (Å²) in [6.07, 6.45) is 0. The normalized spacial score (nSPS) is 15.1. The van der Waals surface area contributed by atoms with Crippen molar-refractivity contribution in [3.8, 4) is 5.75 Å². The monoisotopic (exact) mass is 386 g/mol. The molecule has 1 saturated heterocycles. The van der Waals surface area contributed by atoms with E-state index in [4.69, 9.17) is 9.15 Å². The summed E-state index contributed by atoms with van der Waals surface area (Å²) in [6, 6.07) is 11.8. The zero-order valence-electron chi connectivity index (χ0n) is 17.0. The van der Waals surface area contributed by atoms with Gasteiger partial charge in [0.25, 0.3) is 5.91 Å². The Bertz CT molecular complexity index is 767. The minimum atomic E-state index is -0.158. The van der Waals surface area contributed by atoms with Crippen molar-refractivity contribution >= 4 is 11.6 Å². The number of piperazine rings is 1. The smallest absolute Gasteiger partial charge is 0.287 e. The molecule has 0 aliphatic carbocycles. The van der Waals surface area contributed by atoms with E-state index in [1.54, 1.807) is 13.2 Å². The van der Waals surface area contributed by atoms with Crippen LogP contribution in [0, 0.1) is 0 Å². The first kappa shape index (κ1) is 20.2. The summed E-state index contributed by atoms with van der Waals surface area (Å²) in [5.74, 6) is 1.95. The number of anilines is 1. The third-order valence-electron chi connectivity index (χ3n) is 4.91. The Morgan fingerprint density at radius 3 is 2.61 bits per heavy atom. The fourth-order valence-electron chi connectivity index (χ4n) is 3.32. The van der Waals surface area contributed by atoms with Crippen molar-refractivity contribution in [2.24, 2.45) is 0 Å². The Morgan fingerprint density at radius 1 is 1.14 bits per heavy atom. The number of benzene rings is 1. The molecule has 0 unspecified atom stereocenters. The minimum Gasteiger partial charge on any atom is -0.495 e. The van der Waals surface area contributed by atoms with E-state index in [1.807, 2.05) is 43.3 Å². The first-order valence-electron chi connectivity index (χ1n) is 9.69. The van der Waals surface area contributed by atoms with E-state index in [9.17, 15) is 4.79 Å². The van der Waals surface area contributed by atoms with Gasteiger partial charge in [0, 0.05) is 39.3 Å². The van der Waals surface area contributed by atoms with Crippen molar-refractivity contribution in [3.63, 3.8) is 0 Å². The number of hydrogen-bond donors (Lipinski definition) is 1. The highest BCUT2D eigenvalue weighted by Gasteiger charge is 2.21. The molecule has 0 saturated carbocycles. The van der Waals surface area contributed by atoms with E-state index >= 15 is 0 Å². The molecular weight excluding hydrogens is 356 g/mol. The second-order valence-corrected chi connectivity index (χ2v) is 7.26. The van der Waals surface area contributed by atoms with Gasteiger partial charge in [-0.2, -0.15) is 0 Å². The maximum Gasteiger partial charge on any atom is 0.287 e. The third-order valence-corrected chi connectivity index (χ3v) is 4.91. The fourth-order valence-corrected chi connectivity index (χ4v) is 3.32. The lowest BCUT2D eigenvalue weighted by molar-refractivity contribution is 0.0919. The van der Waals surface area contributed by atoms with Crippen LogP contribution < -0.4 is 15.0 Å². The molecule has 152 valence electrons. The lowest BCUT2D eigenvalue weighted by Crippen LogP contribution is -2.46. The summed E-state index contributed by atoms with van der Waals surface area (Å²) in [6.45, 7) is 5.84. The van der Waals surface area contributed by atoms with Crippen LogP contribution in [-0.2, 0) is 6.54 Å². The van der Waals surface area contributed by atoms with Crippen LogP contribution >= 0.6 is 0 Å². The molecule has 1 N–H and O–H groups in total. The molecule has 1 aliphatic rings. The molecular formula is C21H30N4O3. The second-order valence-electron chi connectivity index (χ2n) is 7.26. The van der Waals surface area contributed by atoms with E-state index in [-0.39, 0.29) is 5.91 Å². The highest BCUT2D eigenvalue weighted by atomic mass is 16.5. The van der Waals surface area contributed by atoms with Crippen molar-refractivity contribution in [1.29, 1.82) is 0 Å². The van der Waals surface area contributed by atoms with Gasteiger partial charge in [-0.15, -0.1) is 0 Å². The van der Waals surface area contributed by atoms with Crippen LogP contribution in [0.1, 0.15) is 16.3 Å². The molecule has 1 amide bonds. The Morgan fingerprint density at radius 2 is 1.89 bits per heavy atom. The van der Waals surface area contributed by atoms with Gasteiger partial charge >= 0.3 is 0 Å². The lowest BCUT2D eigenvalue weighted by Gasteiger charge is -2.36. The predicted molar refractivity (Wildman–Crippen MR) is 110 cm³/mol. The van der Waals surface area contributed by atoms with Gasteiger partial charge in [-0.25, -0.2) is 0 Å². The van der Waals surface area contributed by atoms with Crippen LogP contribution in [0.2, 0.25) is 0 Å². The van der Waals surface area contributed by atoms with Crippen LogP contribution in [0.3, 0.4) is 0 Å². The predicted octanol–water partition coefficient (Wildman–Crippen LogP) is 1.90. The quantitative estimate of drug-likeness (QED) is 0.748. The SMILES string of the molecule is COc1ccccc1N1CCN(Cc2ccc(C(=O)NCCN(C)C)o2)CC1. The number of amides is 1. The summed E-state index contributed by atoms with van der Waals surface area (Å²) in [5.41, 5.74) is 1.14. The second kappa shape index (κ2) is 9.61. The Balaban J connectivity index is 1.49. The first-order chi connectivity index (χ1) is 13.6. The van der Waals surface area contributed by atoms with Crippen LogP contribution in [0.5, 0.6) is 5.75 Å². The molecule has 1 fully saturated rings. The molecule has 0 bridgehead atoms. The molecule has 0 atom stereocenters. The number of nitrogens with zero attached hydrogens (tertiary/aromatic N) is 3. The zero-order valence-corrected chi connectivity index (χ0v) is 17.0. The summed E-state index contributed by atoms with van der Waals surface area (Å²) in [5, 5.41) is 2.88. The van der Waals surface area contributed by atoms with Gasteiger partial charge in [-0.3, -0.25) is 9.69 Å². The van der Waals surface area contributed by atoms with E-state index in [0.29, 0.717) is 18.8 Å². The molecule has 1 aromatic heterocycles. The largest absolute Gasteiger partial charge is 0.495 e. The number of carbonyl (C=O) groups excluding carboxylic acids is 1. The fraction of sp³-hybridized carbons (Fsp3) is 0.476. The van der Waals surface area contributed by atoms with Gasteiger partial charge in [-0.1, -0.05) is 12.1 Å². The molecule has 7 heteroatoms. The van der Waals surface area contributed by atoms with Crippen LogP contribution in [0.4, 0.5) is 5.69 Å². The molecule has 3 rings (SSSR count). The van der Waals surface area contributed by atoms with Gasteiger partial charge in [0.2, 0.25) is 0 Å². The number of carbonyl (C=O) groups is 1. The van der Waals surface area contributed by atoms with Gasteiger partial charge in [-0.05, 0) is 38.4 Å². The molecule has 1 aliphatic heterocycles. The molecule has 0 spiro atoms. The van der Waals surface area contributed by atoms with E-state index in [2.05, 4.69) is 21.2 Å². The van der Waals surface area contributed by atoms with Gasteiger partial charge in [0.05, 0.1) is 19.3 Å². The summed E-state index contributed by atoms with van der Waals surface area (Å²) in [7, 11) is 5.66. The summed E-state index contributed by atoms with van der Waals surface area (Å²) < 4.78 is 11.2. The molecule has 28 heavy (non-hydrogen) atoms. The summed E-state index contributed by atoms with van der Waals surface area (Å²) >= 11 is 0. The van der Waals surface area contributed by atoms with E-state index < -0.39 is 0 Å². The van der Waals surface area contributed by atoms with Gasteiger partial charge < -0.3 is 24.3 Å². The number of hydrogen-bond acceptors (Lipinski definition) is 6. The minimum absolute atomic E-state index is 0.158. The van der Waals surface area contributed by atoms with Crippen LogP contribution in [0.25, 0.3) is 0 Å². The number of likely N-dealkylation sites (N-methyl/N-ethyl adjacent to an activating group) is 1. The maximum absolute atomic E-state index is 12.1. The number of furan rings is 1. The zero-order chi connectivity index (χ0) is 19.9. The van der Waals surface area contributed by atoms with Crippen molar-refractivity contribution in [1.82, 2.24) is 15.1 Å². The topological polar surface area (TPSA) is 61.2 Å². The lowest BCUT2D eigenvalue weighted by atomic mass is 10.2. The molecule has 2 aromatic rings. The van der Waals surface area contributed by atoms with Crippen molar-refractivity contribution in [2.45, 2.75) is 6.54 Å². The third kappa shape index (κ3) is 5.27. The average Bonchev–Trinajstić information content (AvgIpc) is 3.17. The van der Waals surface area contributed by atoms with Gasteiger partial charge in [0.1, 0.15) is 11.5 Å². The highest BCUT2D eigenvalue weighted by molar-refractivity contribution is 5.91. The standard InChI is InChI=1S/C21H30N4O3/c1-23(2)11-10-22-21(26)20-9-8-17(28-20)16-24-12-14-25(15-13-24)18-6-4-5-7-19(18)27-3/h4-9H,10-16H2,1-3H3,(H,22,26). The maximum atomic E-state index is 12.1. The Kier molecular flexibility index (Phi) is 6.95. The van der Waals surface area contributed by atoms with Crippen molar-refractivity contribution in [3.05, 3.63) is 47.9 Å². The van der Waals surface area contributed by atoms with Gasteiger partial charge in [0.15, 0.2) is 5.76 Å². The molecule has 7 nitrogen and oxygen atoms in total. The number of ether oxygens (including phenoxy) is 1. The van der Waals surface area contributed by atoms with Crippen LogP contribution in [0.15, 0.2) is 40.8 Å². The van der Waals surface area contributed by atoms with Crippen molar-refractivity contribution in [2.75, 3.05) is 65.4 Å². The van der Waals surface area contributed by atoms with E-state index in [1.165, 1.54) is 0 Å². The number of para-hydroxylation sites is 2. The van der Waals surface area contributed by atoms with Crippen LogP contribution in [-0.4, -0.2) is 76.2 Å². The number of nitrogens with one attached hydrogen (secondary N) is 1. The average molecular weight is 386 g/mol. The van der Waals surface area contributed by atoms with Crippen molar-refractivity contribution < 1.29 is 13.9 Å². The number of methoxy groups -OCH3 is 1.